The van der Waals surface area contributed by atoms with Crippen LogP contribution in [0.15, 0.2) is 60.7 Å². The summed E-state index contributed by atoms with van der Waals surface area (Å²) in [6.07, 6.45) is -1.02. The zero-order valence-corrected chi connectivity index (χ0v) is 19.7. The molecular weight excluding hydrogens is 570 g/mol. The lowest BCUT2D eigenvalue weighted by atomic mass is 10.0. The smallest absolute Gasteiger partial charge is 0.186 e. The monoisotopic (exact) mass is 594 g/mol. The quantitative estimate of drug-likeness (QED) is 0.330. The molecule has 0 spiro atoms. The summed E-state index contributed by atoms with van der Waals surface area (Å²) in [6, 6.07) is 20.3. The van der Waals surface area contributed by atoms with Crippen molar-refractivity contribution in [3.8, 4) is 0 Å². The molecule has 2 aromatic rings. The number of halogens is 2. The maximum atomic E-state index is 6.39. The van der Waals surface area contributed by atoms with E-state index in [4.69, 9.17) is 18.9 Å². The largest absolute Gasteiger partial charge is 0.368 e. The van der Waals surface area contributed by atoms with Gasteiger partial charge in [0.05, 0.1) is 19.3 Å². The topological polar surface area (TPSA) is 36.9 Å². The van der Waals surface area contributed by atoms with Crippen LogP contribution in [-0.2, 0) is 32.2 Å². The van der Waals surface area contributed by atoms with Crippen molar-refractivity contribution in [2.45, 2.75) is 46.2 Å². The maximum Gasteiger partial charge on any atom is 0.186 e. The van der Waals surface area contributed by atoms with Crippen molar-refractivity contribution < 1.29 is 18.9 Å². The first kappa shape index (κ1) is 21.4. The lowest BCUT2D eigenvalue weighted by Crippen LogP contribution is -2.61. The Morgan fingerprint density at radius 3 is 1.93 bits per heavy atom. The molecule has 0 aliphatic carbocycles. The predicted octanol–water partition coefficient (Wildman–Crippen LogP) is 5.11. The van der Waals surface area contributed by atoms with Gasteiger partial charge in [-0.15, -0.1) is 0 Å². The maximum absolute atomic E-state index is 6.39. The van der Waals surface area contributed by atoms with Crippen molar-refractivity contribution in [1.82, 2.24) is 0 Å². The molecule has 0 unspecified atom stereocenters. The molecule has 6 heteroatoms. The molecule has 3 rings (SSSR count). The lowest BCUT2D eigenvalue weighted by molar-refractivity contribution is -0.274. The van der Waals surface area contributed by atoms with Gasteiger partial charge >= 0.3 is 0 Å². The van der Waals surface area contributed by atoms with Crippen molar-refractivity contribution in [3.63, 3.8) is 0 Å². The van der Waals surface area contributed by atoms with Crippen LogP contribution in [0, 0.1) is 0 Å². The number of alkyl halides is 2. The van der Waals surface area contributed by atoms with E-state index >= 15 is 0 Å². The van der Waals surface area contributed by atoms with Gasteiger partial charge in [0.15, 0.2) is 6.29 Å². The first-order valence-corrected chi connectivity index (χ1v) is 11.0. The van der Waals surface area contributed by atoms with Crippen LogP contribution in [0.5, 0.6) is 0 Å². The van der Waals surface area contributed by atoms with E-state index in [-0.39, 0.29) is 19.7 Å². The van der Waals surface area contributed by atoms with E-state index in [1.165, 1.54) is 0 Å². The zero-order valence-electron chi connectivity index (χ0n) is 15.4. The average molecular weight is 594 g/mol. The Kier molecular flexibility index (Phi) is 7.92. The number of rotatable bonds is 7. The molecule has 0 N–H and O–H groups in total. The molecule has 1 saturated heterocycles. The van der Waals surface area contributed by atoms with Crippen LogP contribution < -0.4 is 0 Å². The number of ether oxygens (including phenoxy) is 4. The Morgan fingerprint density at radius 1 is 0.889 bits per heavy atom. The third-order valence-corrected chi connectivity index (χ3v) is 7.60. The number of hydrogen-bond donors (Lipinski definition) is 0. The highest BCUT2D eigenvalue weighted by molar-refractivity contribution is 14.2. The molecular formula is C21H24I2O4. The van der Waals surface area contributed by atoms with Crippen LogP contribution in [0.4, 0.5) is 0 Å². The van der Waals surface area contributed by atoms with Crippen LogP contribution in [0.1, 0.15) is 18.1 Å². The van der Waals surface area contributed by atoms with Crippen molar-refractivity contribution in [2.75, 3.05) is 7.11 Å². The molecule has 0 amide bonds. The second kappa shape index (κ2) is 9.98. The normalized spacial score (nSPS) is 27.4. The van der Waals surface area contributed by atoms with Gasteiger partial charge in [0.1, 0.15) is 13.6 Å². The highest BCUT2D eigenvalue weighted by Crippen LogP contribution is 2.46. The van der Waals surface area contributed by atoms with E-state index in [0.717, 1.165) is 11.1 Å². The van der Waals surface area contributed by atoms with Gasteiger partial charge in [0.2, 0.25) is 0 Å². The van der Waals surface area contributed by atoms with Gasteiger partial charge in [-0.2, -0.15) is 0 Å². The molecule has 0 saturated carbocycles. The van der Waals surface area contributed by atoms with Crippen LogP contribution in [-0.4, -0.2) is 33.1 Å². The van der Waals surface area contributed by atoms with Crippen LogP contribution in [0.25, 0.3) is 0 Å². The van der Waals surface area contributed by atoms with E-state index in [9.17, 15) is 0 Å². The van der Waals surface area contributed by atoms with Crippen LogP contribution in [0.3, 0.4) is 0 Å². The molecule has 0 bridgehead atoms. The first-order chi connectivity index (χ1) is 13.0. The summed E-state index contributed by atoms with van der Waals surface area (Å²) in [5.41, 5.74) is 2.25. The van der Waals surface area contributed by atoms with Crippen LogP contribution in [0.2, 0.25) is 0 Å². The van der Waals surface area contributed by atoms with Crippen molar-refractivity contribution in [1.29, 1.82) is 0 Å². The fraction of sp³-hybridized carbons (Fsp3) is 0.429. The summed E-state index contributed by atoms with van der Waals surface area (Å²) in [5, 5.41) is 0. The minimum absolute atomic E-state index is 0.0407. The minimum Gasteiger partial charge on any atom is -0.368 e. The van der Waals surface area contributed by atoms with E-state index in [1.807, 2.05) is 36.4 Å². The van der Waals surface area contributed by atoms with Gasteiger partial charge < -0.3 is 18.9 Å². The Balaban J connectivity index is 1.77. The summed E-state index contributed by atoms with van der Waals surface area (Å²) in [5.74, 6) is 0. The highest BCUT2D eigenvalue weighted by Gasteiger charge is 2.53. The molecule has 0 radical (unpaired) electrons. The first-order valence-electron chi connectivity index (χ1n) is 8.89. The summed E-state index contributed by atoms with van der Waals surface area (Å²) in [4.78, 5) is 0. The van der Waals surface area contributed by atoms with Gasteiger partial charge in [0.25, 0.3) is 0 Å². The molecule has 1 aliphatic heterocycles. The van der Waals surface area contributed by atoms with E-state index in [2.05, 4.69) is 76.4 Å². The number of hydrogen-bond acceptors (Lipinski definition) is 4. The lowest BCUT2D eigenvalue weighted by Gasteiger charge is -2.47. The Bertz CT molecular complexity index is 696. The summed E-state index contributed by atoms with van der Waals surface area (Å²) in [6.45, 7) is 3.06. The second-order valence-corrected chi connectivity index (χ2v) is 12.2. The Hall–Kier alpha value is -0.260. The zero-order chi connectivity index (χ0) is 19.3. The summed E-state index contributed by atoms with van der Waals surface area (Å²) in [7, 11) is 1.65. The Labute approximate surface area is 188 Å². The molecule has 0 aromatic heterocycles. The SMILES string of the molecule is CO[C@H]1O[C@H](C)C(I)(I)[C@H](OCc2ccccc2)[C@H]1OCc1ccccc1. The third kappa shape index (κ3) is 5.42. The molecule has 2 aromatic carbocycles. The van der Waals surface area contributed by atoms with Gasteiger partial charge in [-0.1, -0.05) is 106 Å². The number of methoxy groups -OCH3 is 1. The van der Waals surface area contributed by atoms with Gasteiger partial charge in [0, 0.05) is 7.11 Å². The predicted molar refractivity (Wildman–Crippen MR) is 122 cm³/mol. The molecule has 1 aliphatic rings. The Morgan fingerprint density at radius 2 is 1.41 bits per heavy atom. The van der Waals surface area contributed by atoms with E-state index in [0.29, 0.717) is 13.2 Å². The molecule has 4 nitrogen and oxygen atoms in total. The molecule has 1 fully saturated rings. The second-order valence-electron chi connectivity index (χ2n) is 6.54. The molecule has 146 valence electrons. The summed E-state index contributed by atoms with van der Waals surface area (Å²) >= 11 is 4.84. The third-order valence-electron chi connectivity index (χ3n) is 4.62. The fourth-order valence-corrected chi connectivity index (χ4v) is 4.41. The van der Waals surface area contributed by atoms with Gasteiger partial charge in [-0.25, -0.2) is 0 Å². The van der Waals surface area contributed by atoms with Gasteiger partial charge in [-0.05, 0) is 18.1 Å². The van der Waals surface area contributed by atoms with Crippen molar-refractivity contribution >= 4 is 45.2 Å². The van der Waals surface area contributed by atoms with E-state index in [1.54, 1.807) is 7.11 Å². The number of benzene rings is 2. The van der Waals surface area contributed by atoms with Crippen molar-refractivity contribution in [3.05, 3.63) is 71.8 Å². The van der Waals surface area contributed by atoms with Gasteiger partial charge in [-0.3, -0.25) is 0 Å². The fourth-order valence-electron chi connectivity index (χ4n) is 3.05. The van der Waals surface area contributed by atoms with Crippen LogP contribution >= 0.6 is 45.2 Å². The average Bonchev–Trinajstić information content (AvgIpc) is 2.69. The molecule has 1 heterocycles. The standard InChI is InChI=1S/C21H24I2O4/c1-15-21(22,23)19(26-14-17-11-7-4-8-12-17)18(20(24-2)27-15)25-13-16-9-5-3-6-10-16/h3-12,15,18-20H,13-14H2,1-2H3/t15-,18-,19-,20+/m1/s1. The van der Waals surface area contributed by atoms with E-state index < -0.39 is 6.29 Å². The summed E-state index contributed by atoms with van der Waals surface area (Å²) < 4.78 is 24.1. The molecule has 4 atom stereocenters. The minimum atomic E-state index is -0.470. The molecule has 27 heavy (non-hydrogen) atoms. The van der Waals surface area contributed by atoms with Crippen molar-refractivity contribution in [2.24, 2.45) is 0 Å². The highest BCUT2D eigenvalue weighted by atomic mass is 127.